The first-order valence-electron chi connectivity index (χ1n) is 8.84. The van der Waals surface area contributed by atoms with Crippen molar-refractivity contribution in [3.8, 4) is 11.1 Å². The number of rotatable bonds is 0. The molecular formula is C25H16. The molecule has 25 heavy (non-hydrogen) atoms. The van der Waals surface area contributed by atoms with Crippen LogP contribution in [0.1, 0.15) is 11.1 Å². The van der Waals surface area contributed by atoms with E-state index < -0.39 is 0 Å². The van der Waals surface area contributed by atoms with Crippen LogP contribution in [0.2, 0.25) is 0 Å². The molecule has 0 fully saturated rings. The van der Waals surface area contributed by atoms with E-state index in [1.807, 2.05) is 0 Å². The molecule has 1 aliphatic carbocycles. The first kappa shape index (κ1) is 13.2. The van der Waals surface area contributed by atoms with Gasteiger partial charge >= 0.3 is 0 Å². The molecule has 0 spiro atoms. The third-order valence-corrected chi connectivity index (χ3v) is 5.65. The molecule has 0 aliphatic heterocycles. The van der Waals surface area contributed by atoms with Crippen molar-refractivity contribution in [1.82, 2.24) is 0 Å². The maximum atomic E-state index is 2.37. The smallest absolute Gasteiger partial charge is 0.000705 e. The minimum atomic E-state index is 1.04. The van der Waals surface area contributed by atoms with Gasteiger partial charge in [0.15, 0.2) is 0 Å². The van der Waals surface area contributed by atoms with Crippen LogP contribution in [0.3, 0.4) is 0 Å². The zero-order chi connectivity index (χ0) is 16.4. The number of benzene rings is 5. The molecule has 0 atom stereocenters. The van der Waals surface area contributed by atoms with Gasteiger partial charge in [0.05, 0.1) is 0 Å². The van der Waals surface area contributed by atoms with E-state index in [2.05, 4.69) is 84.9 Å². The average molecular weight is 316 g/mol. The van der Waals surface area contributed by atoms with Crippen molar-refractivity contribution in [3.05, 3.63) is 96.1 Å². The Balaban J connectivity index is 1.75. The van der Waals surface area contributed by atoms with Crippen molar-refractivity contribution in [2.75, 3.05) is 0 Å². The highest BCUT2D eigenvalue weighted by atomic mass is 14.3. The summed E-state index contributed by atoms with van der Waals surface area (Å²) in [7, 11) is 0. The van der Waals surface area contributed by atoms with Gasteiger partial charge in [-0.2, -0.15) is 0 Å². The van der Waals surface area contributed by atoms with E-state index in [9.17, 15) is 0 Å². The second-order valence-electron chi connectivity index (χ2n) is 7.01. The quantitative estimate of drug-likeness (QED) is 0.273. The van der Waals surface area contributed by atoms with Crippen LogP contribution in [0.4, 0.5) is 0 Å². The fourth-order valence-electron chi connectivity index (χ4n) is 4.48. The summed E-state index contributed by atoms with van der Waals surface area (Å²) in [6, 6.07) is 31.3. The minimum Gasteiger partial charge on any atom is -0.0616 e. The molecular weight excluding hydrogens is 300 g/mol. The lowest BCUT2D eigenvalue weighted by molar-refractivity contribution is 1.29. The van der Waals surface area contributed by atoms with Crippen LogP contribution >= 0.6 is 0 Å². The molecule has 0 nitrogen and oxygen atoms in total. The van der Waals surface area contributed by atoms with Gasteiger partial charge < -0.3 is 0 Å². The van der Waals surface area contributed by atoms with Crippen molar-refractivity contribution >= 4 is 32.3 Å². The molecule has 0 heteroatoms. The van der Waals surface area contributed by atoms with Gasteiger partial charge in [-0.25, -0.2) is 0 Å². The molecule has 0 heterocycles. The Morgan fingerprint density at radius 2 is 1.24 bits per heavy atom. The second kappa shape index (κ2) is 4.70. The highest BCUT2D eigenvalue weighted by Crippen LogP contribution is 2.44. The number of hydrogen-bond donors (Lipinski definition) is 0. The van der Waals surface area contributed by atoms with Crippen LogP contribution < -0.4 is 0 Å². The van der Waals surface area contributed by atoms with E-state index >= 15 is 0 Å². The normalized spacial score (nSPS) is 12.6. The summed E-state index contributed by atoms with van der Waals surface area (Å²) in [5.74, 6) is 0. The number of hydrogen-bond acceptors (Lipinski definition) is 0. The van der Waals surface area contributed by atoms with Crippen LogP contribution in [-0.2, 0) is 6.42 Å². The molecule has 5 aromatic rings. The lowest BCUT2D eigenvalue weighted by Gasteiger charge is -2.09. The summed E-state index contributed by atoms with van der Waals surface area (Å²) >= 11 is 0. The van der Waals surface area contributed by atoms with Gasteiger partial charge in [-0.3, -0.25) is 0 Å². The Kier molecular flexibility index (Phi) is 2.48. The third kappa shape index (κ3) is 1.77. The van der Waals surface area contributed by atoms with Crippen LogP contribution in [0, 0.1) is 0 Å². The molecule has 0 amide bonds. The lowest BCUT2D eigenvalue weighted by atomic mass is 9.94. The van der Waals surface area contributed by atoms with Gasteiger partial charge in [0, 0.05) is 0 Å². The maximum Gasteiger partial charge on any atom is -0.000705 e. The molecule has 0 saturated heterocycles. The maximum absolute atomic E-state index is 2.37. The fourth-order valence-corrected chi connectivity index (χ4v) is 4.48. The third-order valence-electron chi connectivity index (χ3n) is 5.65. The van der Waals surface area contributed by atoms with Crippen LogP contribution in [0.5, 0.6) is 0 Å². The van der Waals surface area contributed by atoms with Gasteiger partial charge in [-0.15, -0.1) is 0 Å². The molecule has 1 aliphatic rings. The SMILES string of the molecule is c1ccc2cc3c4c(ccc3cc2c1)Cc1c-4ccc2ccccc12. The first-order chi connectivity index (χ1) is 12.4. The first-order valence-corrected chi connectivity index (χ1v) is 8.84. The van der Waals surface area contributed by atoms with Crippen molar-refractivity contribution in [3.63, 3.8) is 0 Å². The molecule has 0 radical (unpaired) electrons. The summed E-state index contributed by atoms with van der Waals surface area (Å²) in [6.45, 7) is 0. The average Bonchev–Trinajstić information content (AvgIpc) is 3.06. The molecule has 0 aromatic heterocycles. The Morgan fingerprint density at radius 3 is 2.12 bits per heavy atom. The van der Waals surface area contributed by atoms with Crippen molar-refractivity contribution in [2.24, 2.45) is 0 Å². The summed E-state index contributed by atoms with van der Waals surface area (Å²) in [5.41, 5.74) is 5.78. The van der Waals surface area contributed by atoms with Gasteiger partial charge in [-0.05, 0) is 73.1 Å². The zero-order valence-corrected chi connectivity index (χ0v) is 13.8. The second-order valence-corrected chi connectivity index (χ2v) is 7.01. The number of fused-ring (bicyclic) bond motifs is 8. The predicted molar refractivity (Wildman–Crippen MR) is 107 cm³/mol. The van der Waals surface area contributed by atoms with Crippen molar-refractivity contribution in [1.29, 1.82) is 0 Å². The van der Waals surface area contributed by atoms with Gasteiger partial charge in [0.2, 0.25) is 0 Å². The molecule has 116 valence electrons. The van der Waals surface area contributed by atoms with Crippen LogP contribution in [0.25, 0.3) is 43.4 Å². The van der Waals surface area contributed by atoms with E-state index in [1.165, 1.54) is 54.6 Å². The molecule has 0 unspecified atom stereocenters. The van der Waals surface area contributed by atoms with Crippen LogP contribution in [0.15, 0.2) is 84.9 Å². The Labute approximate surface area is 146 Å². The predicted octanol–water partition coefficient (Wildman–Crippen LogP) is 6.72. The summed E-state index contributed by atoms with van der Waals surface area (Å²) in [4.78, 5) is 0. The highest BCUT2D eigenvalue weighted by molar-refractivity contribution is 6.09. The molecule has 0 N–H and O–H groups in total. The standard InChI is InChI=1S/C25H16/c1-2-7-18-14-23-19(13-17(18)6-1)9-10-20-15-24-21-8-4-3-5-16(21)11-12-22(24)25(20)23/h1-14H,15H2. The fraction of sp³-hybridized carbons (Fsp3) is 0.0400. The van der Waals surface area contributed by atoms with E-state index in [4.69, 9.17) is 0 Å². The Bertz CT molecular complexity index is 1310. The molecule has 5 aromatic carbocycles. The van der Waals surface area contributed by atoms with E-state index in [0.717, 1.165) is 6.42 Å². The summed E-state index contributed by atoms with van der Waals surface area (Å²) in [5, 5.41) is 8.07. The Morgan fingerprint density at radius 1 is 0.520 bits per heavy atom. The highest BCUT2D eigenvalue weighted by Gasteiger charge is 2.22. The minimum absolute atomic E-state index is 1.04. The lowest BCUT2D eigenvalue weighted by Crippen LogP contribution is -1.83. The monoisotopic (exact) mass is 316 g/mol. The van der Waals surface area contributed by atoms with Crippen molar-refractivity contribution in [2.45, 2.75) is 6.42 Å². The van der Waals surface area contributed by atoms with E-state index in [-0.39, 0.29) is 0 Å². The van der Waals surface area contributed by atoms with Crippen molar-refractivity contribution < 1.29 is 0 Å². The van der Waals surface area contributed by atoms with Gasteiger partial charge in [-0.1, -0.05) is 72.8 Å². The van der Waals surface area contributed by atoms with Gasteiger partial charge in [0.1, 0.15) is 0 Å². The molecule has 0 bridgehead atoms. The molecule has 6 rings (SSSR count). The Hall–Kier alpha value is -3.12. The molecule has 0 saturated carbocycles. The van der Waals surface area contributed by atoms with E-state index in [1.54, 1.807) is 0 Å². The zero-order valence-electron chi connectivity index (χ0n) is 13.8. The summed E-state index contributed by atoms with van der Waals surface area (Å²) < 4.78 is 0. The summed E-state index contributed by atoms with van der Waals surface area (Å²) in [6.07, 6.45) is 1.04. The topological polar surface area (TPSA) is 0 Å². The largest absolute Gasteiger partial charge is 0.0616 e. The van der Waals surface area contributed by atoms with Gasteiger partial charge in [0.25, 0.3) is 0 Å². The van der Waals surface area contributed by atoms with Crippen LogP contribution in [-0.4, -0.2) is 0 Å². The van der Waals surface area contributed by atoms with E-state index in [0.29, 0.717) is 0 Å².